The average molecular weight is 245 g/mol. The van der Waals surface area contributed by atoms with Crippen LogP contribution in [0.2, 0.25) is 0 Å². The van der Waals surface area contributed by atoms with Crippen molar-refractivity contribution in [2.45, 2.75) is 32.1 Å². The number of aryl methyl sites for hydroxylation is 1. The summed E-state index contributed by atoms with van der Waals surface area (Å²) in [6.07, 6.45) is 6.26. The maximum Gasteiger partial charge on any atom is 0.185 e. The quantitative estimate of drug-likeness (QED) is 0.759. The first kappa shape index (κ1) is 11.2. The molecule has 0 aliphatic carbocycles. The van der Waals surface area contributed by atoms with Crippen LogP contribution in [0, 0.1) is 0 Å². The van der Waals surface area contributed by atoms with E-state index in [1.165, 1.54) is 43.9 Å². The minimum Gasteiger partial charge on any atom is -0.348 e. The van der Waals surface area contributed by atoms with E-state index in [4.69, 9.17) is 11.6 Å². The summed E-state index contributed by atoms with van der Waals surface area (Å²) in [5.74, 6) is 0.670. The van der Waals surface area contributed by atoms with E-state index in [2.05, 4.69) is 15.3 Å². The molecule has 4 heteroatoms. The van der Waals surface area contributed by atoms with Crippen molar-refractivity contribution in [3.63, 3.8) is 0 Å². The number of halogens is 1. The lowest BCUT2D eigenvalue weighted by Gasteiger charge is -2.18. The van der Waals surface area contributed by atoms with Gasteiger partial charge in [0.2, 0.25) is 0 Å². The van der Waals surface area contributed by atoms with E-state index in [0.29, 0.717) is 5.88 Å². The molecule has 1 saturated heterocycles. The van der Waals surface area contributed by atoms with E-state index < -0.39 is 0 Å². The molecule has 1 aliphatic rings. The van der Waals surface area contributed by atoms with Crippen molar-refractivity contribution < 1.29 is 0 Å². The monoisotopic (exact) mass is 244 g/mol. The molecule has 0 aromatic carbocycles. The van der Waals surface area contributed by atoms with Gasteiger partial charge in [0.25, 0.3) is 0 Å². The first-order chi connectivity index (χ1) is 7.40. The smallest absolute Gasteiger partial charge is 0.185 e. The Morgan fingerprint density at radius 2 is 2.00 bits per heavy atom. The van der Waals surface area contributed by atoms with Gasteiger partial charge in [-0.2, -0.15) is 0 Å². The van der Waals surface area contributed by atoms with Crippen LogP contribution in [-0.4, -0.2) is 24.0 Å². The zero-order valence-corrected chi connectivity index (χ0v) is 10.5. The molecule has 0 saturated carbocycles. The highest BCUT2D eigenvalue weighted by Crippen LogP contribution is 2.23. The standard InChI is InChI=1S/C11H17ClN2S/c12-6-5-10-9-15-11(13-10)14-7-3-1-2-4-8-14/h9H,1-8H2. The van der Waals surface area contributed by atoms with E-state index in [1.807, 2.05) is 0 Å². The molecule has 1 aromatic heterocycles. The molecule has 0 spiro atoms. The number of anilines is 1. The van der Waals surface area contributed by atoms with Crippen LogP contribution in [0.3, 0.4) is 0 Å². The van der Waals surface area contributed by atoms with Crippen LogP contribution < -0.4 is 4.90 Å². The summed E-state index contributed by atoms with van der Waals surface area (Å²) in [7, 11) is 0. The minimum atomic E-state index is 0.670. The summed E-state index contributed by atoms with van der Waals surface area (Å²) in [4.78, 5) is 7.05. The Hall–Kier alpha value is -0.280. The molecule has 0 bridgehead atoms. The molecule has 0 radical (unpaired) electrons. The van der Waals surface area contributed by atoms with E-state index in [0.717, 1.165) is 12.1 Å². The Morgan fingerprint density at radius 1 is 1.27 bits per heavy atom. The second kappa shape index (κ2) is 5.71. The Labute approximate surface area is 100 Å². The molecule has 2 nitrogen and oxygen atoms in total. The van der Waals surface area contributed by atoms with Gasteiger partial charge in [0.1, 0.15) is 0 Å². The van der Waals surface area contributed by atoms with Crippen LogP contribution in [-0.2, 0) is 6.42 Å². The zero-order chi connectivity index (χ0) is 10.5. The Balaban J connectivity index is 2.00. The maximum absolute atomic E-state index is 5.71. The van der Waals surface area contributed by atoms with E-state index in [1.54, 1.807) is 11.3 Å². The zero-order valence-electron chi connectivity index (χ0n) is 8.91. The Bertz CT molecular complexity index is 293. The molecule has 1 aliphatic heterocycles. The van der Waals surface area contributed by atoms with Crippen LogP contribution in [0.1, 0.15) is 31.4 Å². The minimum absolute atomic E-state index is 0.670. The summed E-state index contributed by atoms with van der Waals surface area (Å²) >= 11 is 7.47. The number of hydrogen-bond donors (Lipinski definition) is 0. The van der Waals surface area contributed by atoms with Crippen LogP contribution in [0.25, 0.3) is 0 Å². The van der Waals surface area contributed by atoms with E-state index >= 15 is 0 Å². The molecule has 0 atom stereocenters. The van der Waals surface area contributed by atoms with Gasteiger partial charge in [-0.25, -0.2) is 4.98 Å². The molecule has 2 rings (SSSR count). The van der Waals surface area contributed by atoms with Gasteiger partial charge in [-0.3, -0.25) is 0 Å². The molecule has 0 amide bonds. The molecular formula is C11H17ClN2S. The van der Waals surface area contributed by atoms with Gasteiger partial charge in [-0.15, -0.1) is 22.9 Å². The predicted octanol–water partition coefficient (Wildman–Crippen LogP) is 3.30. The van der Waals surface area contributed by atoms with Gasteiger partial charge >= 0.3 is 0 Å². The fourth-order valence-corrected chi connectivity index (χ4v) is 3.02. The highest BCUT2D eigenvalue weighted by molar-refractivity contribution is 7.13. The Kier molecular flexibility index (Phi) is 4.27. The van der Waals surface area contributed by atoms with E-state index in [9.17, 15) is 0 Å². The third-order valence-electron chi connectivity index (χ3n) is 2.77. The van der Waals surface area contributed by atoms with Crippen molar-refractivity contribution in [3.8, 4) is 0 Å². The predicted molar refractivity (Wildman–Crippen MR) is 67.2 cm³/mol. The van der Waals surface area contributed by atoms with Crippen molar-refractivity contribution in [1.82, 2.24) is 4.98 Å². The first-order valence-electron chi connectivity index (χ1n) is 5.65. The molecule has 0 N–H and O–H groups in total. The summed E-state index contributed by atoms with van der Waals surface area (Å²) in [6, 6.07) is 0. The van der Waals surface area contributed by atoms with Crippen LogP contribution >= 0.6 is 22.9 Å². The van der Waals surface area contributed by atoms with Gasteiger partial charge in [0.15, 0.2) is 5.13 Å². The van der Waals surface area contributed by atoms with Crippen molar-refractivity contribution >= 4 is 28.1 Å². The average Bonchev–Trinajstić information content (AvgIpc) is 2.53. The largest absolute Gasteiger partial charge is 0.348 e. The van der Waals surface area contributed by atoms with Crippen molar-refractivity contribution in [3.05, 3.63) is 11.1 Å². The highest BCUT2D eigenvalue weighted by Gasteiger charge is 2.12. The van der Waals surface area contributed by atoms with Crippen molar-refractivity contribution in [1.29, 1.82) is 0 Å². The normalized spacial score (nSPS) is 17.8. The lowest BCUT2D eigenvalue weighted by Crippen LogP contribution is -2.23. The second-order valence-corrected chi connectivity index (χ2v) is 5.18. The van der Waals surface area contributed by atoms with Gasteiger partial charge in [0.05, 0.1) is 5.69 Å². The molecule has 0 unspecified atom stereocenters. The SMILES string of the molecule is ClCCc1csc(N2CCCCCC2)n1. The van der Waals surface area contributed by atoms with Crippen molar-refractivity contribution in [2.24, 2.45) is 0 Å². The maximum atomic E-state index is 5.71. The fourth-order valence-electron chi connectivity index (χ4n) is 1.92. The second-order valence-electron chi connectivity index (χ2n) is 3.96. The molecule has 1 fully saturated rings. The lowest BCUT2D eigenvalue weighted by molar-refractivity contribution is 0.726. The summed E-state index contributed by atoms with van der Waals surface area (Å²) in [5, 5.41) is 3.33. The van der Waals surface area contributed by atoms with Gasteiger partial charge in [-0.1, -0.05) is 12.8 Å². The number of alkyl halides is 1. The number of nitrogens with zero attached hydrogens (tertiary/aromatic N) is 2. The van der Waals surface area contributed by atoms with Gasteiger partial charge < -0.3 is 4.90 Å². The number of hydrogen-bond acceptors (Lipinski definition) is 3. The first-order valence-corrected chi connectivity index (χ1v) is 7.07. The molecule has 1 aromatic rings. The summed E-state index contributed by atoms with van der Waals surface area (Å²) in [5.41, 5.74) is 1.15. The summed E-state index contributed by atoms with van der Waals surface area (Å²) < 4.78 is 0. The third-order valence-corrected chi connectivity index (χ3v) is 3.91. The fraction of sp³-hybridized carbons (Fsp3) is 0.727. The van der Waals surface area contributed by atoms with Crippen LogP contribution in [0.15, 0.2) is 5.38 Å². The topological polar surface area (TPSA) is 16.1 Å². The highest BCUT2D eigenvalue weighted by atomic mass is 35.5. The number of rotatable bonds is 3. The van der Waals surface area contributed by atoms with Gasteiger partial charge in [0, 0.05) is 30.8 Å². The Morgan fingerprint density at radius 3 is 2.67 bits per heavy atom. The number of aromatic nitrogens is 1. The third kappa shape index (κ3) is 3.08. The van der Waals surface area contributed by atoms with Gasteiger partial charge in [-0.05, 0) is 12.8 Å². The molecular weight excluding hydrogens is 228 g/mol. The van der Waals surface area contributed by atoms with Crippen LogP contribution in [0.4, 0.5) is 5.13 Å². The van der Waals surface area contributed by atoms with E-state index in [-0.39, 0.29) is 0 Å². The lowest BCUT2D eigenvalue weighted by atomic mass is 10.2. The molecule has 84 valence electrons. The van der Waals surface area contributed by atoms with Crippen LogP contribution in [0.5, 0.6) is 0 Å². The van der Waals surface area contributed by atoms with Crippen molar-refractivity contribution in [2.75, 3.05) is 23.9 Å². The number of thiazole rings is 1. The summed E-state index contributed by atoms with van der Waals surface area (Å²) in [6.45, 7) is 2.35. The molecule has 15 heavy (non-hydrogen) atoms. The molecule has 2 heterocycles.